The molecule has 0 saturated carbocycles. The summed E-state index contributed by atoms with van der Waals surface area (Å²) in [7, 11) is 3.62. The highest BCUT2D eigenvalue weighted by atomic mass is 16.5. The lowest BCUT2D eigenvalue weighted by atomic mass is 10.2. The highest BCUT2D eigenvalue weighted by Crippen LogP contribution is 2.24. The van der Waals surface area contributed by atoms with Crippen molar-refractivity contribution < 1.29 is 9.47 Å². The first-order valence-corrected chi connectivity index (χ1v) is 7.22. The minimum Gasteiger partial charge on any atom is -0.497 e. The minimum absolute atomic E-state index is 0.630. The summed E-state index contributed by atoms with van der Waals surface area (Å²) in [5, 5.41) is 7.48. The monoisotopic (exact) mass is 289 g/mol. The number of aromatic nitrogens is 2. The summed E-state index contributed by atoms with van der Waals surface area (Å²) in [6.45, 7) is 4.41. The molecule has 0 amide bonds. The summed E-state index contributed by atoms with van der Waals surface area (Å²) in [6.07, 6.45) is 2.64. The van der Waals surface area contributed by atoms with E-state index in [-0.39, 0.29) is 0 Å². The van der Waals surface area contributed by atoms with Crippen LogP contribution in [-0.4, -0.2) is 30.0 Å². The van der Waals surface area contributed by atoms with Gasteiger partial charge in [-0.3, -0.25) is 4.68 Å². The molecule has 0 aliphatic rings. The molecule has 0 spiro atoms. The van der Waals surface area contributed by atoms with E-state index in [1.165, 1.54) is 0 Å². The highest BCUT2D eigenvalue weighted by molar-refractivity contribution is 5.40. The Morgan fingerprint density at radius 2 is 2.14 bits per heavy atom. The normalized spacial score (nSPS) is 10.6. The van der Waals surface area contributed by atoms with Crippen LogP contribution in [0, 0.1) is 0 Å². The maximum atomic E-state index is 5.93. The van der Waals surface area contributed by atoms with Crippen molar-refractivity contribution >= 4 is 0 Å². The van der Waals surface area contributed by atoms with Crippen LogP contribution in [-0.2, 0) is 20.0 Å². The third-order valence-corrected chi connectivity index (χ3v) is 3.37. The first-order valence-electron chi connectivity index (χ1n) is 7.22. The van der Waals surface area contributed by atoms with E-state index < -0.39 is 0 Å². The fourth-order valence-electron chi connectivity index (χ4n) is 2.13. The number of rotatable bonds is 8. The van der Waals surface area contributed by atoms with Crippen LogP contribution < -0.4 is 14.8 Å². The van der Waals surface area contributed by atoms with Gasteiger partial charge in [0, 0.05) is 37.5 Å². The van der Waals surface area contributed by atoms with Gasteiger partial charge in [0.2, 0.25) is 0 Å². The molecule has 0 aliphatic carbocycles. The van der Waals surface area contributed by atoms with Crippen LogP contribution in [0.4, 0.5) is 0 Å². The molecule has 1 aromatic carbocycles. The van der Waals surface area contributed by atoms with Gasteiger partial charge < -0.3 is 14.8 Å². The van der Waals surface area contributed by atoms with E-state index in [9.17, 15) is 0 Å². The van der Waals surface area contributed by atoms with Crippen molar-refractivity contribution in [2.75, 3.05) is 20.3 Å². The summed E-state index contributed by atoms with van der Waals surface area (Å²) in [4.78, 5) is 0. The summed E-state index contributed by atoms with van der Waals surface area (Å²) in [5.74, 6) is 1.75. The lowest BCUT2D eigenvalue weighted by molar-refractivity contribution is 0.313. The predicted molar refractivity (Wildman–Crippen MR) is 82.8 cm³/mol. The zero-order chi connectivity index (χ0) is 15.1. The topological polar surface area (TPSA) is 48.3 Å². The maximum absolute atomic E-state index is 5.93. The quantitative estimate of drug-likeness (QED) is 0.809. The SMILES string of the molecule is CCNCc1cc(OC)ccc1OCCc1ccnn1C. The first-order chi connectivity index (χ1) is 10.2. The van der Waals surface area contributed by atoms with Crippen molar-refractivity contribution in [1.82, 2.24) is 15.1 Å². The molecule has 1 aromatic heterocycles. The number of ether oxygens (including phenoxy) is 2. The molecule has 0 fully saturated rings. The lowest BCUT2D eigenvalue weighted by Gasteiger charge is -2.13. The maximum Gasteiger partial charge on any atom is 0.124 e. The summed E-state index contributed by atoms with van der Waals surface area (Å²) in [5.41, 5.74) is 2.28. The molecule has 21 heavy (non-hydrogen) atoms. The molecule has 0 aliphatic heterocycles. The van der Waals surface area contributed by atoms with Gasteiger partial charge in [0.1, 0.15) is 11.5 Å². The van der Waals surface area contributed by atoms with Crippen molar-refractivity contribution in [2.24, 2.45) is 7.05 Å². The van der Waals surface area contributed by atoms with Crippen molar-refractivity contribution in [3.05, 3.63) is 41.7 Å². The van der Waals surface area contributed by atoms with Crippen LogP contribution in [0.25, 0.3) is 0 Å². The Morgan fingerprint density at radius 1 is 1.29 bits per heavy atom. The molecule has 2 rings (SSSR count). The smallest absolute Gasteiger partial charge is 0.124 e. The molecular weight excluding hydrogens is 266 g/mol. The zero-order valence-electron chi connectivity index (χ0n) is 12.9. The Morgan fingerprint density at radius 3 is 2.81 bits per heavy atom. The molecular formula is C16H23N3O2. The van der Waals surface area contributed by atoms with Crippen LogP contribution in [0.5, 0.6) is 11.5 Å². The van der Waals surface area contributed by atoms with E-state index in [4.69, 9.17) is 9.47 Å². The largest absolute Gasteiger partial charge is 0.497 e. The summed E-state index contributed by atoms with van der Waals surface area (Å²) >= 11 is 0. The standard InChI is InChI=1S/C16H23N3O2/c1-4-17-12-13-11-15(20-3)5-6-16(13)21-10-8-14-7-9-18-19(14)2/h5-7,9,11,17H,4,8,10,12H2,1-3H3. The second-order valence-electron chi connectivity index (χ2n) is 4.80. The van der Waals surface area contributed by atoms with E-state index in [1.54, 1.807) is 13.3 Å². The number of methoxy groups -OCH3 is 1. The molecule has 0 saturated heterocycles. The van der Waals surface area contributed by atoms with Crippen molar-refractivity contribution in [3.8, 4) is 11.5 Å². The molecule has 2 aromatic rings. The molecule has 1 N–H and O–H groups in total. The van der Waals surface area contributed by atoms with Gasteiger partial charge in [-0.1, -0.05) is 6.92 Å². The third kappa shape index (κ3) is 4.23. The molecule has 5 nitrogen and oxygen atoms in total. The first kappa shape index (κ1) is 15.4. The molecule has 1 heterocycles. The van der Waals surface area contributed by atoms with E-state index in [2.05, 4.69) is 17.3 Å². The van der Waals surface area contributed by atoms with E-state index in [0.717, 1.165) is 42.3 Å². The second kappa shape index (κ2) is 7.69. The summed E-state index contributed by atoms with van der Waals surface area (Å²) < 4.78 is 13.1. The molecule has 0 unspecified atom stereocenters. The number of aryl methyl sites for hydroxylation is 1. The van der Waals surface area contributed by atoms with Crippen molar-refractivity contribution in [2.45, 2.75) is 19.9 Å². The van der Waals surface area contributed by atoms with Gasteiger partial charge >= 0.3 is 0 Å². The Balaban J connectivity index is 1.99. The number of hydrogen-bond donors (Lipinski definition) is 1. The molecule has 5 heteroatoms. The van der Waals surface area contributed by atoms with Crippen molar-refractivity contribution in [1.29, 1.82) is 0 Å². The Bertz CT molecular complexity index is 566. The number of hydrogen-bond acceptors (Lipinski definition) is 4. The fraction of sp³-hybridized carbons (Fsp3) is 0.438. The van der Waals surface area contributed by atoms with E-state index >= 15 is 0 Å². The van der Waals surface area contributed by atoms with Gasteiger partial charge in [-0.05, 0) is 30.8 Å². The zero-order valence-corrected chi connectivity index (χ0v) is 12.9. The van der Waals surface area contributed by atoms with Crippen LogP contribution in [0.1, 0.15) is 18.2 Å². The van der Waals surface area contributed by atoms with Crippen LogP contribution in [0.3, 0.4) is 0 Å². The Kier molecular flexibility index (Phi) is 5.63. The summed E-state index contributed by atoms with van der Waals surface area (Å²) in [6, 6.07) is 7.92. The van der Waals surface area contributed by atoms with Gasteiger partial charge in [0.05, 0.1) is 13.7 Å². The van der Waals surface area contributed by atoms with E-state index in [0.29, 0.717) is 6.61 Å². The molecule has 0 bridgehead atoms. The fourth-order valence-corrected chi connectivity index (χ4v) is 2.13. The molecule has 0 radical (unpaired) electrons. The van der Waals surface area contributed by atoms with Gasteiger partial charge in [0.25, 0.3) is 0 Å². The number of benzene rings is 1. The van der Waals surface area contributed by atoms with Crippen molar-refractivity contribution in [3.63, 3.8) is 0 Å². The van der Waals surface area contributed by atoms with Crippen LogP contribution >= 0.6 is 0 Å². The predicted octanol–water partition coefficient (Wildman–Crippen LogP) is 2.16. The van der Waals surface area contributed by atoms with Gasteiger partial charge in [-0.15, -0.1) is 0 Å². The second-order valence-corrected chi connectivity index (χ2v) is 4.80. The number of nitrogens with zero attached hydrogens (tertiary/aromatic N) is 2. The van der Waals surface area contributed by atoms with Crippen LogP contribution in [0.15, 0.2) is 30.5 Å². The minimum atomic E-state index is 0.630. The molecule has 0 atom stereocenters. The van der Waals surface area contributed by atoms with E-state index in [1.807, 2.05) is 36.0 Å². The van der Waals surface area contributed by atoms with Crippen LogP contribution in [0.2, 0.25) is 0 Å². The highest BCUT2D eigenvalue weighted by Gasteiger charge is 2.06. The molecule has 114 valence electrons. The Hall–Kier alpha value is -2.01. The van der Waals surface area contributed by atoms with Gasteiger partial charge in [-0.25, -0.2) is 0 Å². The number of nitrogens with one attached hydrogen (secondary N) is 1. The average molecular weight is 289 g/mol. The third-order valence-electron chi connectivity index (χ3n) is 3.37. The van der Waals surface area contributed by atoms with Gasteiger partial charge in [0.15, 0.2) is 0 Å². The van der Waals surface area contributed by atoms with Gasteiger partial charge in [-0.2, -0.15) is 5.10 Å². The Labute approximate surface area is 125 Å². The average Bonchev–Trinajstić information content (AvgIpc) is 2.91. The lowest BCUT2D eigenvalue weighted by Crippen LogP contribution is -2.14.